The number of hydrogen-bond acceptors (Lipinski definition) is 3. The summed E-state index contributed by atoms with van der Waals surface area (Å²) in [4.78, 5) is 16.3. The van der Waals surface area contributed by atoms with E-state index in [0.717, 1.165) is 39.0 Å². The summed E-state index contributed by atoms with van der Waals surface area (Å²) in [5.41, 5.74) is 0. The molecule has 102 valence electrons. The van der Waals surface area contributed by atoms with Crippen molar-refractivity contribution < 1.29 is 9.90 Å². The van der Waals surface area contributed by atoms with Gasteiger partial charge in [-0.05, 0) is 25.7 Å². The Morgan fingerprint density at radius 1 is 1.39 bits per heavy atom. The number of allylic oxidation sites excluding steroid dienone is 2. The molecule has 0 saturated carbocycles. The van der Waals surface area contributed by atoms with Crippen LogP contribution in [0.4, 0.5) is 0 Å². The molecule has 4 heteroatoms. The molecule has 1 aliphatic carbocycles. The van der Waals surface area contributed by atoms with E-state index in [4.69, 9.17) is 0 Å². The van der Waals surface area contributed by atoms with E-state index in [1.165, 1.54) is 0 Å². The first kappa shape index (κ1) is 13.6. The number of rotatable bonds is 4. The van der Waals surface area contributed by atoms with Gasteiger partial charge in [-0.25, -0.2) is 0 Å². The molecule has 0 aromatic carbocycles. The fourth-order valence-corrected chi connectivity index (χ4v) is 2.77. The van der Waals surface area contributed by atoms with Crippen molar-refractivity contribution in [1.82, 2.24) is 9.80 Å². The van der Waals surface area contributed by atoms with Crippen LogP contribution in [0, 0.1) is 5.92 Å². The summed E-state index contributed by atoms with van der Waals surface area (Å²) in [5, 5.41) is 9.34. The molecule has 1 amide bonds. The van der Waals surface area contributed by atoms with Crippen LogP contribution in [0.15, 0.2) is 12.2 Å². The van der Waals surface area contributed by atoms with Gasteiger partial charge in [0, 0.05) is 39.1 Å². The second-order valence-electron chi connectivity index (χ2n) is 5.50. The fourth-order valence-electron chi connectivity index (χ4n) is 2.77. The number of carbonyl (C=O) groups excluding carboxylic acids is 1. The van der Waals surface area contributed by atoms with Crippen LogP contribution in [0.5, 0.6) is 0 Å². The summed E-state index contributed by atoms with van der Waals surface area (Å²) in [5.74, 6) is 0.760. The zero-order valence-corrected chi connectivity index (χ0v) is 11.2. The van der Waals surface area contributed by atoms with Crippen LogP contribution < -0.4 is 0 Å². The first-order valence-electron chi connectivity index (χ1n) is 7.00. The molecule has 1 saturated heterocycles. The molecule has 1 N–H and O–H groups in total. The minimum absolute atomic E-state index is 0.282. The minimum atomic E-state index is -0.282. The van der Waals surface area contributed by atoms with Gasteiger partial charge in [-0.1, -0.05) is 12.2 Å². The van der Waals surface area contributed by atoms with E-state index < -0.39 is 0 Å². The predicted octanol–water partition coefficient (Wildman–Crippen LogP) is 0.868. The molecule has 1 fully saturated rings. The SMILES string of the molecule is C[C@H](O)CN1CCN(C(=O)C[C@H]2C=CCC2)CC1. The summed E-state index contributed by atoms with van der Waals surface area (Å²) in [6.45, 7) is 5.91. The molecule has 2 atom stereocenters. The number of aliphatic hydroxyl groups excluding tert-OH is 1. The van der Waals surface area contributed by atoms with Crippen LogP contribution in [0.3, 0.4) is 0 Å². The van der Waals surface area contributed by atoms with E-state index in [1.807, 2.05) is 11.8 Å². The Balaban J connectivity index is 1.71. The average Bonchev–Trinajstić information content (AvgIpc) is 2.82. The third kappa shape index (κ3) is 3.82. The summed E-state index contributed by atoms with van der Waals surface area (Å²) < 4.78 is 0. The van der Waals surface area contributed by atoms with Gasteiger partial charge in [0.05, 0.1) is 6.10 Å². The summed E-state index contributed by atoms with van der Waals surface area (Å²) in [6, 6.07) is 0. The maximum Gasteiger partial charge on any atom is 0.223 e. The highest BCUT2D eigenvalue weighted by atomic mass is 16.3. The number of β-amino-alcohol motifs (C(OH)–C–C–N with tert-alkyl or cyclic N) is 1. The lowest BCUT2D eigenvalue weighted by Crippen LogP contribution is -2.50. The van der Waals surface area contributed by atoms with E-state index in [1.54, 1.807) is 0 Å². The zero-order valence-electron chi connectivity index (χ0n) is 11.2. The molecule has 18 heavy (non-hydrogen) atoms. The van der Waals surface area contributed by atoms with Crippen molar-refractivity contribution in [2.45, 2.75) is 32.3 Å². The van der Waals surface area contributed by atoms with Crippen LogP contribution in [0.25, 0.3) is 0 Å². The monoisotopic (exact) mass is 252 g/mol. The molecule has 0 bridgehead atoms. The van der Waals surface area contributed by atoms with Crippen LogP contribution >= 0.6 is 0 Å². The molecule has 2 rings (SSSR count). The Morgan fingerprint density at radius 2 is 2.11 bits per heavy atom. The predicted molar refractivity (Wildman–Crippen MR) is 71.2 cm³/mol. The van der Waals surface area contributed by atoms with Crippen molar-refractivity contribution in [2.24, 2.45) is 5.92 Å². The quantitative estimate of drug-likeness (QED) is 0.755. The highest BCUT2D eigenvalue weighted by Gasteiger charge is 2.23. The van der Waals surface area contributed by atoms with Gasteiger partial charge in [-0.15, -0.1) is 0 Å². The van der Waals surface area contributed by atoms with Gasteiger partial charge in [0.15, 0.2) is 0 Å². The first-order valence-corrected chi connectivity index (χ1v) is 7.00. The lowest BCUT2D eigenvalue weighted by Gasteiger charge is -2.35. The van der Waals surface area contributed by atoms with E-state index in [-0.39, 0.29) is 6.10 Å². The van der Waals surface area contributed by atoms with Crippen molar-refractivity contribution in [2.75, 3.05) is 32.7 Å². The van der Waals surface area contributed by atoms with Crippen LogP contribution in [-0.4, -0.2) is 59.6 Å². The maximum atomic E-state index is 12.1. The normalized spacial score (nSPS) is 26.6. The van der Waals surface area contributed by atoms with E-state index >= 15 is 0 Å². The van der Waals surface area contributed by atoms with E-state index in [9.17, 15) is 9.90 Å². The lowest BCUT2D eigenvalue weighted by molar-refractivity contribution is -0.133. The highest BCUT2D eigenvalue weighted by molar-refractivity contribution is 5.76. The molecule has 0 aromatic heterocycles. The molecule has 0 radical (unpaired) electrons. The zero-order chi connectivity index (χ0) is 13.0. The number of hydrogen-bond donors (Lipinski definition) is 1. The van der Waals surface area contributed by atoms with Crippen molar-refractivity contribution in [3.05, 3.63) is 12.2 Å². The van der Waals surface area contributed by atoms with Crippen molar-refractivity contribution in [3.8, 4) is 0 Å². The standard InChI is InChI=1S/C14H24N2O2/c1-12(17)11-15-6-8-16(9-7-15)14(18)10-13-4-2-3-5-13/h2,4,12-13,17H,3,5-11H2,1H3/t12-,13-/m0/s1. The van der Waals surface area contributed by atoms with Crippen molar-refractivity contribution in [3.63, 3.8) is 0 Å². The third-order valence-electron chi connectivity index (χ3n) is 3.80. The van der Waals surface area contributed by atoms with Crippen molar-refractivity contribution in [1.29, 1.82) is 0 Å². The summed E-state index contributed by atoms with van der Waals surface area (Å²) >= 11 is 0. The van der Waals surface area contributed by atoms with Gasteiger partial charge in [-0.2, -0.15) is 0 Å². The molecule has 0 aromatic rings. The second-order valence-corrected chi connectivity index (χ2v) is 5.50. The average molecular weight is 252 g/mol. The van der Waals surface area contributed by atoms with Crippen LogP contribution in [-0.2, 0) is 4.79 Å². The van der Waals surface area contributed by atoms with E-state index in [0.29, 0.717) is 24.8 Å². The van der Waals surface area contributed by atoms with E-state index in [2.05, 4.69) is 17.1 Å². The largest absolute Gasteiger partial charge is 0.392 e. The second kappa shape index (κ2) is 6.34. The van der Waals surface area contributed by atoms with Gasteiger partial charge >= 0.3 is 0 Å². The van der Waals surface area contributed by atoms with Gasteiger partial charge < -0.3 is 10.0 Å². The molecule has 2 aliphatic rings. The topological polar surface area (TPSA) is 43.8 Å². The Labute approximate surface area is 109 Å². The fraction of sp³-hybridized carbons (Fsp3) is 0.786. The Morgan fingerprint density at radius 3 is 2.67 bits per heavy atom. The van der Waals surface area contributed by atoms with Gasteiger partial charge in [-0.3, -0.25) is 9.69 Å². The molecule has 1 heterocycles. The van der Waals surface area contributed by atoms with Gasteiger partial charge in [0.25, 0.3) is 0 Å². The van der Waals surface area contributed by atoms with Crippen molar-refractivity contribution >= 4 is 5.91 Å². The molecular formula is C14H24N2O2. The van der Waals surface area contributed by atoms with Crippen LogP contribution in [0.1, 0.15) is 26.2 Å². The minimum Gasteiger partial charge on any atom is -0.392 e. The summed E-state index contributed by atoms with van der Waals surface area (Å²) in [7, 11) is 0. The Kier molecular flexibility index (Phi) is 4.78. The number of amides is 1. The summed E-state index contributed by atoms with van der Waals surface area (Å²) in [6.07, 6.45) is 7.01. The van der Waals surface area contributed by atoms with Crippen LogP contribution in [0.2, 0.25) is 0 Å². The lowest BCUT2D eigenvalue weighted by atomic mass is 10.0. The maximum absolute atomic E-state index is 12.1. The first-order chi connectivity index (χ1) is 8.65. The molecule has 1 aliphatic heterocycles. The number of aliphatic hydroxyl groups is 1. The number of carbonyl (C=O) groups is 1. The Bertz CT molecular complexity index is 307. The molecule has 4 nitrogen and oxygen atoms in total. The number of piperazine rings is 1. The Hall–Kier alpha value is -0.870. The highest BCUT2D eigenvalue weighted by Crippen LogP contribution is 2.21. The third-order valence-corrected chi connectivity index (χ3v) is 3.80. The van der Waals surface area contributed by atoms with Gasteiger partial charge in [0.1, 0.15) is 0 Å². The number of nitrogens with zero attached hydrogens (tertiary/aromatic N) is 2. The van der Waals surface area contributed by atoms with Gasteiger partial charge in [0.2, 0.25) is 5.91 Å². The molecule has 0 spiro atoms. The molecular weight excluding hydrogens is 228 g/mol. The molecule has 0 unspecified atom stereocenters. The smallest absolute Gasteiger partial charge is 0.223 e.